The number of ether oxygens (including phenoxy) is 2. The van der Waals surface area contributed by atoms with Gasteiger partial charge in [-0.15, -0.1) is 0 Å². The number of hydrogen-bond acceptors (Lipinski definition) is 6. The van der Waals surface area contributed by atoms with E-state index in [9.17, 15) is 14.7 Å². The summed E-state index contributed by atoms with van der Waals surface area (Å²) in [6.07, 6.45) is 2.65. The minimum Gasteiger partial charge on any atom is -0.494 e. The maximum atomic E-state index is 12.7. The predicted molar refractivity (Wildman–Crippen MR) is 140 cm³/mol. The number of nitrogens with zero attached hydrogens (tertiary/aromatic N) is 2. The van der Waals surface area contributed by atoms with Crippen LogP contribution < -0.4 is 10.3 Å². The van der Waals surface area contributed by atoms with Crippen molar-refractivity contribution in [1.82, 2.24) is 14.5 Å². The molecule has 188 valence electrons. The summed E-state index contributed by atoms with van der Waals surface area (Å²) in [4.78, 5) is 29.5. The monoisotopic (exact) mass is 507 g/mol. The standard InChI is InChI=1S/C27H29N3O5S/c1-27(2,3)35-26(33)29-15-7-8-18(17-29)16-22-23(31)28-25(36)30(24(22)32)19-11-13-21(14-12-19)34-20-9-5-4-6-10-20/h4-6,9-14,16,32H,7-8,15,17H2,1-3H3,(H,28,31,36). The van der Waals surface area contributed by atoms with Crippen LogP contribution in [0.4, 0.5) is 4.79 Å². The van der Waals surface area contributed by atoms with Gasteiger partial charge in [0.05, 0.1) is 5.69 Å². The maximum absolute atomic E-state index is 12.7. The van der Waals surface area contributed by atoms with Gasteiger partial charge >= 0.3 is 6.09 Å². The number of nitrogens with one attached hydrogen (secondary N) is 1. The van der Waals surface area contributed by atoms with E-state index in [1.54, 1.807) is 35.2 Å². The molecule has 4 rings (SSSR count). The summed E-state index contributed by atoms with van der Waals surface area (Å²) in [5.41, 5.74) is 0.380. The molecule has 0 aliphatic carbocycles. The minimum absolute atomic E-state index is 0.0652. The molecule has 2 N–H and O–H groups in total. The Bertz CT molecular complexity index is 1390. The van der Waals surface area contributed by atoms with Gasteiger partial charge in [-0.05, 0) is 93.9 Å². The van der Waals surface area contributed by atoms with Crippen molar-refractivity contribution in [2.24, 2.45) is 0 Å². The second-order valence-electron chi connectivity index (χ2n) is 9.55. The molecular formula is C27H29N3O5S. The highest BCUT2D eigenvalue weighted by molar-refractivity contribution is 7.71. The van der Waals surface area contributed by atoms with E-state index >= 15 is 0 Å². The molecule has 0 bridgehead atoms. The third-order valence-corrected chi connectivity index (χ3v) is 5.80. The van der Waals surface area contributed by atoms with Gasteiger partial charge in [-0.25, -0.2) is 4.79 Å². The predicted octanol–water partition coefficient (Wildman–Crippen LogP) is 5.81. The van der Waals surface area contributed by atoms with Crippen LogP contribution in [0.3, 0.4) is 0 Å². The van der Waals surface area contributed by atoms with Gasteiger partial charge in [0.25, 0.3) is 5.56 Å². The molecule has 1 aliphatic heterocycles. The van der Waals surface area contributed by atoms with Gasteiger partial charge in [-0.1, -0.05) is 18.2 Å². The third-order valence-electron chi connectivity index (χ3n) is 5.51. The Morgan fingerprint density at radius 3 is 2.42 bits per heavy atom. The summed E-state index contributed by atoms with van der Waals surface area (Å²) in [6.45, 7) is 6.34. The number of aromatic amines is 1. The highest BCUT2D eigenvalue weighted by atomic mass is 32.1. The number of amides is 1. The first-order valence-electron chi connectivity index (χ1n) is 11.7. The zero-order chi connectivity index (χ0) is 25.9. The van der Waals surface area contributed by atoms with E-state index in [-0.39, 0.29) is 16.2 Å². The second-order valence-corrected chi connectivity index (χ2v) is 9.94. The molecule has 2 aromatic carbocycles. The maximum Gasteiger partial charge on any atom is 0.410 e. The fourth-order valence-corrected chi connectivity index (χ4v) is 4.19. The van der Waals surface area contributed by atoms with Gasteiger partial charge in [0.2, 0.25) is 5.88 Å². The molecule has 1 saturated heterocycles. The molecule has 0 unspecified atom stereocenters. The molecule has 8 nitrogen and oxygen atoms in total. The fourth-order valence-electron chi connectivity index (χ4n) is 3.90. The molecule has 1 aliphatic rings. The Morgan fingerprint density at radius 2 is 1.75 bits per heavy atom. The second kappa shape index (κ2) is 10.4. The number of aromatic hydroxyl groups is 1. The molecule has 36 heavy (non-hydrogen) atoms. The number of aromatic nitrogens is 2. The van der Waals surface area contributed by atoms with Crippen molar-refractivity contribution in [3.05, 3.63) is 80.9 Å². The highest BCUT2D eigenvalue weighted by Gasteiger charge is 2.25. The number of carbonyl (C=O) groups is 1. The van der Waals surface area contributed by atoms with E-state index in [0.717, 1.165) is 12.0 Å². The van der Waals surface area contributed by atoms with Crippen molar-refractivity contribution < 1.29 is 19.4 Å². The molecule has 1 fully saturated rings. The van der Waals surface area contributed by atoms with Crippen LogP contribution in [0, 0.1) is 4.77 Å². The van der Waals surface area contributed by atoms with Crippen molar-refractivity contribution in [1.29, 1.82) is 0 Å². The number of rotatable bonds is 4. The summed E-state index contributed by atoms with van der Waals surface area (Å²) < 4.78 is 12.8. The first-order chi connectivity index (χ1) is 17.1. The molecule has 0 atom stereocenters. The first kappa shape index (κ1) is 25.2. The Labute approximate surface area is 214 Å². The van der Waals surface area contributed by atoms with Gasteiger partial charge < -0.3 is 19.5 Å². The van der Waals surface area contributed by atoms with Gasteiger partial charge in [0.1, 0.15) is 22.7 Å². The molecule has 1 amide bonds. The lowest BCUT2D eigenvalue weighted by molar-refractivity contribution is 0.0247. The number of likely N-dealkylation sites (tertiary alicyclic amines) is 1. The Hall–Kier alpha value is -3.85. The zero-order valence-electron chi connectivity index (χ0n) is 20.5. The number of benzene rings is 2. The van der Waals surface area contributed by atoms with Crippen molar-refractivity contribution in [2.45, 2.75) is 39.2 Å². The Balaban J connectivity index is 1.61. The van der Waals surface area contributed by atoms with Crippen LogP contribution in [0.2, 0.25) is 0 Å². The summed E-state index contributed by atoms with van der Waals surface area (Å²) in [5.74, 6) is 1.05. The van der Waals surface area contributed by atoms with E-state index in [4.69, 9.17) is 21.7 Å². The molecule has 0 radical (unpaired) electrons. The lowest BCUT2D eigenvalue weighted by atomic mass is 10.0. The lowest BCUT2D eigenvalue weighted by Crippen LogP contribution is -2.40. The van der Waals surface area contributed by atoms with Crippen molar-refractivity contribution in [2.75, 3.05) is 13.1 Å². The van der Waals surface area contributed by atoms with Gasteiger partial charge in [0.15, 0.2) is 4.77 Å². The number of piperidine rings is 1. The van der Waals surface area contributed by atoms with Crippen LogP contribution in [0.5, 0.6) is 17.4 Å². The van der Waals surface area contributed by atoms with Gasteiger partial charge in [0, 0.05) is 13.1 Å². The van der Waals surface area contributed by atoms with Crippen LogP contribution in [0.1, 0.15) is 39.2 Å². The quantitative estimate of drug-likeness (QED) is 0.433. The van der Waals surface area contributed by atoms with Gasteiger partial charge in [-0.3, -0.25) is 14.3 Å². The van der Waals surface area contributed by atoms with Crippen molar-refractivity contribution in [3.63, 3.8) is 0 Å². The smallest absolute Gasteiger partial charge is 0.410 e. The molecule has 0 saturated carbocycles. The molecule has 1 aromatic heterocycles. The molecular weight excluding hydrogens is 478 g/mol. The molecule has 3 aromatic rings. The summed E-state index contributed by atoms with van der Waals surface area (Å²) in [7, 11) is 0. The number of hydrogen-bond donors (Lipinski definition) is 2. The number of H-pyrrole nitrogens is 1. The van der Waals surface area contributed by atoms with E-state index in [1.165, 1.54) is 4.57 Å². The number of carbonyl (C=O) groups excluding carboxylic acids is 1. The van der Waals surface area contributed by atoms with E-state index in [1.807, 2.05) is 51.1 Å². The third kappa shape index (κ3) is 6.04. The normalized spacial score (nSPS) is 15.1. The van der Waals surface area contributed by atoms with Crippen molar-refractivity contribution >= 4 is 24.4 Å². The minimum atomic E-state index is -0.597. The Kier molecular flexibility index (Phi) is 7.30. The van der Waals surface area contributed by atoms with Crippen LogP contribution >= 0.6 is 12.2 Å². The average Bonchev–Trinajstić information content (AvgIpc) is 2.82. The van der Waals surface area contributed by atoms with E-state index < -0.39 is 17.3 Å². The van der Waals surface area contributed by atoms with Gasteiger partial charge in [-0.2, -0.15) is 0 Å². The highest BCUT2D eigenvalue weighted by Crippen LogP contribution is 2.27. The largest absolute Gasteiger partial charge is 0.494 e. The molecule has 2 heterocycles. The Morgan fingerprint density at radius 1 is 1.08 bits per heavy atom. The van der Waals surface area contributed by atoms with Crippen LogP contribution in [0.15, 0.2) is 65.0 Å². The lowest BCUT2D eigenvalue weighted by Gasteiger charge is -2.31. The van der Waals surface area contributed by atoms with Crippen LogP contribution in [-0.4, -0.2) is 44.3 Å². The van der Waals surface area contributed by atoms with Crippen molar-refractivity contribution in [3.8, 4) is 23.1 Å². The average molecular weight is 508 g/mol. The molecule has 0 spiro atoms. The summed E-state index contributed by atoms with van der Waals surface area (Å²) in [6, 6.07) is 16.4. The van der Waals surface area contributed by atoms with Crippen LogP contribution in [0.25, 0.3) is 11.8 Å². The van der Waals surface area contributed by atoms with E-state index in [0.29, 0.717) is 36.7 Å². The number of para-hydroxylation sites is 1. The SMILES string of the molecule is CC(C)(C)OC(=O)N1CCCC(=Cc2c(O)n(-c3ccc(Oc4ccccc4)cc3)c(=S)[nH]c2=O)C1. The topological polar surface area (TPSA) is 96.8 Å². The fraction of sp³-hybridized carbons (Fsp3) is 0.296. The molecule has 9 heteroatoms. The zero-order valence-corrected chi connectivity index (χ0v) is 21.3. The summed E-state index contributed by atoms with van der Waals surface area (Å²) >= 11 is 5.34. The summed E-state index contributed by atoms with van der Waals surface area (Å²) in [5, 5.41) is 11.1. The first-order valence-corrected chi connectivity index (χ1v) is 12.1. The van der Waals surface area contributed by atoms with Crippen LogP contribution in [-0.2, 0) is 4.74 Å². The van der Waals surface area contributed by atoms with E-state index in [2.05, 4.69) is 4.98 Å².